The molecule has 9 heteroatoms. The summed E-state index contributed by atoms with van der Waals surface area (Å²) in [5.74, 6) is -0.734. The molecule has 0 aliphatic carbocycles. The fourth-order valence-corrected chi connectivity index (χ4v) is 3.41. The number of halogens is 1. The van der Waals surface area contributed by atoms with Crippen molar-refractivity contribution in [1.29, 1.82) is 0 Å². The van der Waals surface area contributed by atoms with Gasteiger partial charge in [0.2, 0.25) is 21.6 Å². The van der Waals surface area contributed by atoms with Crippen molar-refractivity contribution in [3.63, 3.8) is 0 Å². The largest absolute Gasteiger partial charge is 0.413 e. The van der Waals surface area contributed by atoms with Crippen molar-refractivity contribution in [1.82, 2.24) is 15.5 Å². The first-order valence-corrected chi connectivity index (χ1v) is 9.98. The van der Waals surface area contributed by atoms with Gasteiger partial charge in [-0.3, -0.25) is 4.79 Å². The van der Waals surface area contributed by atoms with E-state index in [0.29, 0.717) is 25.8 Å². The van der Waals surface area contributed by atoms with E-state index in [-0.39, 0.29) is 23.3 Å². The normalized spacial score (nSPS) is 11.7. The van der Waals surface area contributed by atoms with Gasteiger partial charge >= 0.3 is 5.22 Å². The van der Waals surface area contributed by atoms with E-state index in [4.69, 9.17) is 4.42 Å². The molecule has 142 valence electrons. The molecule has 0 unspecified atom stereocenters. The maximum atomic E-state index is 13.6. The zero-order chi connectivity index (χ0) is 19.2. The molecule has 0 fully saturated rings. The van der Waals surface area contributed by atoms with Crippen LogP contribution in [-0.2, 0) is 26.8 Å². The minimum absolute atomic E-state index is 0.0290. The molecular weight excluding hydrogens is 361 g/mol. The van der Waals surface area contributed by atoms with Gasteiger partial charge in [-0.15, -0.1) is 5.10 Å². The van der Waals surface area contributed by atoms with Crippen LogP contribution in [0.2, 0.25) is 0 Å². The van der Waals surface area contributed by atoms with Gasteiger partial charge in [0.1, 0.15) is 5.82 Å². The van der Waals surface area contributed by atoms with Gasteiger partial charge in [-0.2, -0.15) is 0 Å². The average Bonchev–Trinajstić information content (AvgIpc) is 3.03. The molecule has 0 aliphatic heterocycles. The molecule has 1 amide bonds. The zero-order valence-corrected chi connectivity index (χ0v) is 15.6. The molecule has 1 N–H and O–H groups in total. The fourth-order valence-electron chi connectivity index (χ4n) is 2.26. The summed E-state index contributed by atoms with van der Waals surface area (Å²) in [5, 5.41) is 9.51. The lowest BCUT2D eigenvalue weighted by atomic mass is 10.1. The number of amides is 1. The summed E-state index contributed by atoms with van der Waals surface area (Å²) in [6, 6.07) is 5.62. The van der Waals surface area contributed by atoms with Crippen LogP contribution in [0.1, 0.15) is 38.1 Å². The topological polar surface area (TPSA) is 102 Å². The van der Waals surface area contributed by atoms with Crippen LogP contribution >= 0.6 is 0 Å². The van der Waals surface area contributed by atoms with Crippen LogP contribution in [0.5, 0.6) is 0 Å². The smallest absolute Gasteiger partial charge is 0.335 e. The first-order valence-electron chi connectivity index (χ1n) is 8.33. The summed E-state index contributed by atoms with van der Waals surface area (Å²) in [7, 11) is -3.92. The van der Waals surface area contributed by atoms with Gasteiger partial charge in [0.05, 0.1) is 5.75 Å². The second kappa shape index (κ2) is 8.88. The van der Waals surface area contributed by atoms with Crippen LogP contribution < -0.4 is 5.32 Å². The summed E-state index contributed by atoms with van der Waals surface area (Å²) >= 11 is 0. The van der Waals surface area contributed by atoms with Crippen LogP contribution in [0, 0.1) is 11.7 Å². The Kier molecular flexibility index (Phi) is 6.84. The molecule has 0 saturated heterocycles. The Labute approximate surface area is 151 Å². The van der Waals surface area contributed by atoms with E-state index >= 15 is 0 Å². The van der Waals surface area contributed by atoms with E-state index in [1.165, 1.54) is 18.2 Å². The van der Waals surface area contributed by atoms with Gasteiger partial charge in [-0.05, 0) is 18.4 Å². The van der Waals surface area contributed by atoms with Crippen molar-refractivity contribution in [2.75, 3.05) is 6.54 Å². The Morgan fingerprint density at radius 1 is 1.27 bits per heavy atom. The minimum atomic E-state index is -3.92. The first-order chi connectivity index (χ1) is 12.3. The van der Waals surface area contributed by atoms with Crippen molar-refractivity contribution < 1.29 is 22.0 Å². The van der Waals surface area contributed by atoms with Gasteiger partial charge in [0, 0.05) is 24.9 Å². The maximum absolute atomic E-state index is 13.6. The molecule has 0 aliphatic rings. The van der Waals surface area contributed by atoms with Crippen molar-refractivity contribution in [2.24, 2.45) is 5.92 Å². The van der Waals surface area contributed by atoms with Gasteiger partial charge in [-0.1, -0.05) is 37.1 Å². The maximum Gasteiger partial charge on any atom is 0.335 e. The van der Waals surface area contributed by atoms with E-state index < -0.39 is 26.6 Å². The van der Waals surface area contributed by atoms with E-state index in [2.05, 4.69) is 15.5 Å². The number of carbonyl (C=O) groups is 1. The number of hydrogen-bond donors (Lipinski definition) is 1. The number of carbonyl (C=O) groups excluding carboxylic acids is 1. The van der Waals surface area contributed by atoms with Crippen molar-refractivity contribution in [3.8, 4) is 0 Å². The number of aryl methyl sites for hydroxylation is 1. The van der Waals surface area contributed by atoms with E-state index in [1.807, 2.05) is 13.8 Å². The van der Waals surface area contributed by atoms with Crippen LogP contribution in [0.4, 0.5) is 4.39 Å². The highest BCUT2D eigenvalue weighted by molar-refractivity contribution is 7.90. The third-order valence-corrected chi connectivity index (χ3v) is 4.89. The second-order valence-corrected chi connectivity index (χ2v) is 8.23. The zero-order valence-electron chi connectivity index (χ0n) is 14.7. The van der Waals surface area contributed by atoms with Crippen molar-refractivity contribution in [3.05, 3.63) is 41.5 Å². The molecule has 1 heterocycles. The summed E-state index contributed by atoms with van der Waals surface area (Å²) in [6.07, 6.45) is 1.34. The van der Waals surface area contributed by atoms with Crippen molar-refractivity contribution in [2.45, 2.75) is 44.1 Å². The molecule has 1 aromatic heterocycles. The molecule has 0 atom stereocenters. The summed E-state index contributed by atoms with van der Waals surface area (Å²) in [4.78, 5) is 11.5. The lowest BCUT2D eigenvalue weighted by Gasteiger charge is -2.05. The summed E-state index contributed by atoms with van der Waals surface area (Å²) < 4.78 is 43.4. The lowest BCUT2D eigenvalue weighted by molar-refractivity contribution is -0.121. The van der Waals surface area contributed by atoms with E-state index in [1.54, 1.807) is 6.07 Å². The molecule has 0 bridgehead atoms. The quantitative estimate of drug-likeness (QED) is 0.667. The van der Waals surface area contributed by atoms with E-state index in [9.17, 15) is 17.6 Å². The fraction of sp³-hybridized carbons (Fsp3) is 0.471. The Hall–Kier alpha value is -2.29. The highest BCUT2D eigenvalue weighted by atomic mass is 32.2. The average molecular weight is 383 g/mol. The number of sulfone groups is 1. The molecule has 0 spiro atoms. The van der Waals surface area contributed by atoms with E-state index in [0.717, 1.165) is 0 Å². The number of benzene rings is 1. The Morgan fingerprint density at radius 2 is 2.00 bits per heavy atom. The molecule has 0 saturated carbocycles. The third-order valence-electron chi connectivity index (χ3n) is 3.50. The summed E-state index contributed by atoms with van der Waals surface area (Å²) in [5.41, 5.74) is 0.0418. The van der Waals surface area contributed by atoms with Gasteiger partial charge < -0.3 is 9.73 Å². The number of nitrogens with one attached hydrogen (secondary N) is 1. The first kappa shape index (κ1) is 20.0. The summed E-state index contributed by atoms with van der Waals surface area (Å²) in [6.45, 7) is 4.36. The molecule has 26 heavy (non-hydrogen) atoms. The predicted molar refractivity (Wildman–Crippen MR) is 92.4 cm³/mol. The van der Waals surface area contributed by atoms with Crippen LogP contribution in [-0.4, -0.2) is 31.1 Å². The second-order valence-electron chi connectivity index (χ2n) is 6.36. The van der Waals surface area contributed by atoms with Crippen LogP contribution in [0.25, 0.3) is 0 Å². The molecule has 7 nitrogen and oxygen atoms in total. The molecule has 2 rings (SSSR count). The third kappa shape index (κ3) is 5.91. The van der Waals surface area contributed by atoms with Gasteiger partial charge in [-0.25, -0.2) is 12.8 Å². The SMILES string of the molecule is CC(C)CC(=O)NCCCc1nnc(S(=O)(=O)Cc2ccccc2F)o1. The predicted octanol–water partition coefficient (Wildman–Crippen LogP) is 2.28. The highest BCUT2D eigenvalue weighted by Crippen LogP contribution is 2.17. The highest BCUT2D eigenvalue weighted by Gasteiger charge is 2.24. The van der Waals surface area contributed by atoms with Gasteiger partial charge in [0.25, 0.3) is 0 Å². The number of aromatic nitrogens is 2. The van der Waals surface area contributed by atoms with Gasteiger partial charge in [0.15, 0.2) is 0 Å². The monoisotopic (exact) mass is 383 g/mol. The standard InChI is InChI=1S/C17H22FN3O4S/c1-12(2)10-15(22)19-9-5-8-16-20-21-17(25-16)26(23,24)11-13-6-3-4-7-14(13)18/h3-4,6-7,12H,5,8-11H2,1-2H3,(H,19,22). The van der Waals surface area contributed by atoms with Crippen LogP contribution in [0.3, 0.4) is 0 Å². The Bertz CT molecular complexity index is 849. The number of hydrogen-bond acceptors (Lipinski definition) is 6. The number of rotatable bonds is 9. The molecule has 1 aromatic carbocycles. The lowest BCUT2D eigenvalue weighted by Crippen LogP contribution is -2.25. The molecule has 0 radical (unpaired) electrons. The Balaban J connectivity index is 1.88. The van der Waals surface area contributed by atoms with Crippen molar-refractivity contribution >= 4 is 15.7 Å². The molecule has 2 aromatic rings. The number of nitrogens with zero attached hydrogens (tertiary/aromatic N) is 2. The Morgan fingerprint density at radius 3 is 2.69 bits per heavy atom. The molecular formula is C17H22FN3O4S. The van der Waals surface area contributed by atoms with Crippen LogP contribution in [0.15, 0.2) is 33.9 Å². The minimum Gasteiger partial charge on any atom is -0.413 e.